The van der Waals surface area contributed by atoms with Crippen molar-refractivity contribution in [3.05, 3.63) is 22.7 Å². The first-order valence-corrected chi connectivity index (χ1v) is 5.30. The largest absolute Gasteiger partial charge is 0.478 e. The van der Waals surface area contributed by atoms with E-state index in [9.17, 15) is 9.59 Å². The average Bonchev–Trinajstić information content (AvgIpc) is 2.26. The quantitative estimate of drug-likeness (QED) is 0.831. The molecular formula is C11H10ClNO4. The molecule has 6 heteroatoms. The first-order chi connectivity index (χ1) is 7.91. The Balaban J connectivity index is 2.66. The summed E-state index contributed by atoms with van der Waals surface area (Å²) in [4.78, 5) is 24.1. The number of carbonyl (C=O) groups is 2. The van der Waals surface area contributed by atoms with Gasteiger partial charge in [0, 0.05) is 12.1 Å². The SMILES string of the molecule is CC1Oc2c(C(=O)O)cc(Cl)cc2N(C)C1=O. The molecule has 0 aromatic heterocycles. The lowest BCUT2D eigenvalue weighted by molar-refractivity contribution is -0.125. The predicted molar refractivity (Wildman–Crippen MR) is 61.9 cm³/mol. The Bertz CT molecular complexity index is 514. The summed E-state index contributed by atoms with van der Waals surface area (Å²) in [7, 11) is 1.56. The number of carbonyl (C=O) groups excluding carboxylic acids is 1. The molecule has 90 valence electrons. The average molecular weight is 256 g/mol. The van der Waals surface area contributed by atoms with E-state index in [0.717, 1.165) is 0 Å². The summed E-state index contributed by atoms with van der Waals surface area (Å²) in [5.41, 5.74) is 0.330. The van der Waals surface area contributed by atoms with Gasteiger partial charge in [0.25, 0.3) is 5.91 Å². The Hall–Kier alpha value is -1.75. The van der Waals surface area contributed by atoms with E-state index in [2.05, 4.69) is 0 Å². The normalized spacial score (nSPS) is 18.6. The number of amides is 1. The van der Waals surface area contributed by atoms with Gasteiger partial charge in [-0.25, -0.2) is 4.79 Å². The summed E-state index contributed by atoms with van der Waals surface area (Å²) in [6, 6.07) is 2.81. The van der Waals surface area contributed by atoms with E-state index in [-0.39, 0.29) is 22.2 Å². The number of halogens is 1. The topological polar surface area (TPSA) is 66.8 Å². The molecule has 0 radical (unpaired) electrons. The molecule has 1 unspecified atom stereocenters. The number of carboxylic acid groups (broad SMARTS) is 1. The number of ether oxygens (including phenoxy) is 1. The number of rotatable bonds is 1. The van der Waals surface area contributed by atoms with Crippen molar-refractivity contribution in [2.24, 2.45) is 0 Å². The van der Waals surface area contributed by atoms with Crippen molar-refractivity contribution in [3.8, 4) is 5.75 Å². The molecule has 1 aromatic rings. The van der Waals surface area contributed by atoms with E-state index in [1.165, 1.54) is 17.0 Å². The van der Waals surface area contributed by atoms with E-state index >= 15 is 0 Å². The number of benzene rings is 1. The zero-order valence-corrected chi connectivity index (χ0v) is 9.99. The summed E-state index contributed by atoms with van der Waals surface area (Å²) in [5.74, 6) is -1.20. The molecule has 0 saturated heterocycles. The lowest BCUT2D eigenvalue weighted by atomic mass is 10.1. The van der Waals surface area contributed by atoms with Crippen molar-refractivity contribution in [3.63, 3.8) is 0 Å². The minimum atomic E-state index is -1.14. The van der Waals surface area contributed by atoms with E-state index in [1.54, 1.807) is 14.0 Å². The Morgan fingerprint density at radius 3 is 2.76 bits per heavy atom. The third-order valence-corrected chi connectivity index (χ3v) is 2.82. The second kappa shape index (κ2) is 3.92. The minimum Gasteiger partial charge on any atom is -0.478 e. The van der Waals surface area contributed by atoms with Crippen LogP contribution in [0.5, 0.6) is 5.75 Å². The monoisotopic (exact) mass is 255 g/mol. The Kier molecular flexibility index (Phi) is 2.71. The van der Waals surface area contributed by atoms with Gasteiger partial charge >= 0.3 is 5.97 Å². The lowest BCUT2D eigenvalue weighted by Gasteiger charge is -2.31. The van der Waals surface area contributed by atoms with Gasteiger partial charge in [-0.1, -0.05) is 11.6 Å². The van der Waals surface area contributed by atoms with Crippen LogP contribution in [0.3, 0.4) is 0 Å². The van der Waals surface area contributed by atoms with Gasteiger partial charge in [-0.15, -0.1) is 0 Å². The molecular weight excluding hydrogens is 246 g/mol. The second-order valence-electron chi connectivity index (χ2n) is 3.76. The van der Waals surface area contributed by atoms with Crippen molar-refractivity contribution in [2.75, 3.05) is 11.9 Å². The highest BCUT2D eigenvalue weighted by molar-refractivity contribution is 6.31. The van der Waals surface area contributed by atoms with Gasteiger partial charge in [-0.2, -0.15) is 0 Å². The van der Waals surface area contributed by atoms with Crippen molar-refractivity contribution < 1.29 is 19.4 Å². The maximum atomic E-state index is 11.7. The maximum absolute atomic E-state index is 11.7. The molecule has 1 amide bonds. The summed E-state index contributed by atoms with van der Waals surface area (Å²) in [6.07, 6.45) is -0.702. The number of likely N-dealkylation sites (N-methyl/N-ethyl adjacent to an activating group) is 1. The highest BCUT2D eigenvalue weighted by atomic mass is 35.5. The molecule has 2 rings (SSSR count). The fourth-order valence-corrected chi connectivity index (χ4v) is 1.94. The van der Waals surface area contributed by atoms with Gasteiger partial charge < -0.3 is 14.7 Å². The van der Waals surface area contributed by atoms with Crippen molar-refractivity contribution in [2.45, 2.75) is 13.0 Å². The molecule has 5 nitrogen and oxygen atoms in total. The summed E-state index contributed by atoms with van der Waals surface area (Å²) < 4.78 is 5.33. The fraction of sp³-hybridized carbons (Fsp3) is 0.273. The molecule has 0 aliphatic carbocycles. The zero-order chi connectivity index (χ0) is 12.7. The van der Waals surface area contributed by atoms with Crippen LogP contribution in [0.2, 0.25) is 5.02 Å². The molecule has 1 atom stereocenters. The molecule has 1 aromatic carbocycles. The van der Waals surface area contributed by atoms with Crippen LogP contribution in [0.15, 0.2) is 12.1 Å². The Labute approximate surface area is 103 Å². The van der Waals surface area contributed by atoms with E-state index in [1.807, 2.05) is 0 Å². The van der Waals surface area contributed by atoms with Crippen LogP contribution in [0.1, 0.15) is 17.3 Å². The predicted octanol–water partition coefficient (Wildman–Crippen LogP) is 1.78. The Morgan fingerprint density at radius 2 is 2.18 bits per heavy atom. The standard InChI is InChI=1S/C11H10ClNO4/c1-5-10(14)13(2)8-4-6(12)3-7(11(15)16)9(8)17-5/h3-5H,1-2H3,(H,15,16). The molecule has 0 spiro atoms. The van der Waals surface area contributed by atoms with Gasteiger partial charge in [0.1, 0.15) is 5.56 Å². The number of carboxylic acids is 1. The van der Waals surface area contributed by atoms with Crippen LogP contribution in [0.25, 0.3) is 0 Å². The van der Waals surface area contributed by atoms with Crippen molar-refractivity contribution in [1.82, 2.24) is 0 Å². The molecule has 0 bridgehead atoms. The minimum absolute atomic E-state index is 0.0429. The molecule has 1 N–H and O–H groups in total. The van der Waals surface area contributed by atoms with Crippen LogP contribution in [-0.2, 0) is 4.79 Å². The van der Waals surface area contributed by atoms with E-state index in [0.29, 0.717) is 5.69 Å². The third kappa shape index (κ3) is 1.82. The number of anilines is 1. The second-order valence-corrected chi connectivity index (χ2v) is 4.20. The smallest absolute Gasteiger partial charge is 0.339 e. The number of aromatic carboxylic acids is 1. The molecule has 17 heavy (non-hydrogen) atoms. The van der Waals surface area contributed by atoms with Crippen LogP contribution in [0.4, 0.5) is 5.69 Å². The van der Waals surface area contributed by atoms with Crippen LogP contribution in [-0.4, -0.2) is 30.1 Å². The van der Waals surface area contributed by atoms with Gasteiger partial charge in [0.2, 0.25) is 0 Å². The molecule has 1 aliphatic heterocycles. The van der Waals surface area contributed by atoms with E-state index in [4.69, 9.17) is 21.4 Å². The highest BCUT2D eigenvalue weighted by Gasteiger charge is 2.32. The van der Waals surface area contributed by atoms with Gasteiger partial charge in [-0.05, 0) is 19.1 Å². The molecule has 1 aliphatic rings. The van der Waals surface area contributed by atoms with Gasteiger partial charge in [0.15, 0.2) is 11.9 Å². The van der Waals surface area contributed by atoms with Crippen LogP contribution in [0, 0.1) is 0 Å². The van der Waals surface area contributed by atoms with Gasteiger partial charge in [-0.3, -0.25) is 4.79 Å². The van der Waals surface area contributed by atoms with Crippen molar-refractivity contribution >= 4 is 29.2 Å². The lowest BCUT2D eigenvalue weighted by Crippen LogP contribution is -2.42. The summed E-state index contributed by atoms with van der Waals surface area (Å²) in [5, 5.41) is 9.31. The number of hydrogen-bond donors (Lipinski definition) is 1. The number of nitrogens with zero attached hydrogens (tertiary/aromatic N) is 1. The first-order valence-electron chi connectivity index (χ1n) is 4.93. The maximum Gasteiger partial charge on any atom is 0.339 e. The number of fused-ring (bicyclic) bond motifs is 1. The summed E-state index contributed by atoms with van der Waals surface area (Å²) >= 11 is 5.82. The highest BCUT2D eigenvalue weighted by Crippen LogP contribution is 2.38. The summed E-state index contributed by atoms with van der Waals surface area (Å²) in [6.45, 7) is 1.57. The van der Waals surface area contributed by atoms with E-state index < -0.39 is 12.1 Å². The first kappa shape index (κ1) is 11.7. The zero-order valence-electron chi connectivity index (χ0n) is 9.23. The molecule has 0 saturated carbocycles. The van der Waals surface area contributed by atoms with Crippen molar-refractivity contribution in [1.29, 1.82) is 0 Å². The van der Waals surface area contributed by atoms with Gasteiger partial charge in [0.05, 0.1) is 5.69 Å². The van der Waals surface area contributed by atoms with Crippen LogP contribution >= 0.6 is 11.6 Å². The fourth-order valence-electron chi connectivity index (χ4n) is 1.73. The number of hydrogen-bond acceptors (Lipinski definition) is 3. The van der Waals surface area contributed by atoms with Crippen LogP contribution < -0.4 is 9.64 Å². The molecule has 1 heterocycles. The molecule has 0 fully saturated rings. The Morgan fingerprint density at radius 1 is 1.53 bits per heavy atom. The third-order valence-electron chi connectivity index (χ3n) is 2.60.